The van der Waals surface area contributed by atoms with Crippen LogP contribution in [0.3, 0.4) is 0 Å². The molecule has 1 N–H and O–H groups in total. The number of nitrogens with one attached hydrogen (secondary N) is 1. The molecule has 0 aromatic heterocycles. The van der Waals surface area contributed by atoms with Crippen molar-refractivity contribution < 1.29 is 4.79 Å². The molecule has 0 rings (SSSR count). The minimum Gasteiger partial charge on any atom is -0.326 e. The van der Waals surface area contributed by atoms with Crippen molar-refractivity contribution in [2.75, 3.05) is 0 Å². The van der Waals surface area contributed by atoms with Crippen molar-refractivity contribution in [2.45, 2.75) is 6.92 Å². The van der Waals surface area contributed by atoms with Crippen LogP contribution in [0.1, 0.15) is 6.92 Å². The zero-order valence-corrected chi connectivity index (χ0v) is 8.12. The summed E-state index contributed by atoms with van der Waals surface area (Å²) in [5.41, 5.74) is 0.367. The van der Waals surface area contributed by atoms with E-state index >= 15 is 0 Å². The van der Waals surface area contributed by atoms with Crippen molar-refractivity contribution in [3.05, 3.63) is 34.5 Å². The van der Waals surface area contributed by atoms with E-state index in [0.29, 0.717) is 22.2 Å². The second kappa shape index (κ2) is 5.86. The van der Waals surface area contributed by atoms with Crippen LogP contribution in [0.5, 0.6) is 0 Å². The summed E-state index contributed by atoms with van der Waals surface area (Å²) in [6, 6.07) is 0. The molecule has 1 amide bonds. The molecule has 0 heterocycles. The highest BCUT2D eigenvalue weighted by Crippen LogP contribution is 2.18. The molecular formula is C8H9Cl2NO. The maximum Gasteiger partial charge on any atom is 0.211 e. The fourth-order valence-corrected chi connectivity index (χ4v) is 0.918. The Morgan fingerprint density at radius 2 is 2.08 bits per heavy atom. The highest BCUT2D eigenvalue weighted by molar-refractivity contribution is 6.36. The van der Waals surface area contributed by atoms with Gasteiger partial charge in [0.2, 0.25) is 6.41 Å². The molecule has 0 spiro atoms. The van der Waals surface area contributed by atoms with E-state index in [1.165, 1.54) is 6.08 Å². The quantitative estimate of drug-likeness (QED) is 0.555. The summed E-state index contributed by atoms with van der Waals surface area (Å²) in [5, 5.41) is 3.07. The third-order valence-corrected chi connectivity index (χ3v) is 1.86. The largest absolute Gasteiger partial charge is 0.326 e. The molecular weight excluding hydrogens is 197 g/mol. The summed E-state index contributed by atoms with van der Waals surface area (Å²) >= 11 is 11.4. The average molecular weight is 206 g/mol. The van der Waals surface area contributed by atoms with E-state index in [1.54, 1.807) is 13.0 Å². The molecule has 0 aliphatic carbocycles. The lowest BCUT2D eigenvalue weighted by Crippen LogP contribution is -2.11. The second-order valence-corrected chi connectivity index (χ2v) is 2.64. The minimum atomic E-state index is 0.310. The van der Waals surface area contributed by atoms with Crippen molar-refractivity contribution in [1.29, 1.82) is 0 Å². The van der Waals surface area contributed by atoms with Crippen LogP contribution in [0.4, 0.5) is 0 Å². The highest BCUT2D eigenvalue weighted by atomic mass is 35.5. The van der Waals surface area contributed by atoms with E-state index in [-0.39, 0.29) is 0 Å². The first-order valence-electron chi connectivity index (χ1n) is 3.22. The molecule has 0 bridgehead atoms. The van der Waals surface area contributed by atoms with Crippen LogP contribution in [-0.4, -0.2) is 6.41 Å². The van der Waals surface area contributed by atoms with Crippen molar-refractivity contribution >= 4 is 29.6 Å². The van der Waals surface area contributed by atoms with E-state index in [1.807, 2.05) is 0 Å². The maximum absolute atomic E-state index is 10.1. The van der Waals surface area contributed by atoms with Gasteiger partial charge in [0.05, 0.1) is 15.8 Å². The third-order valence-electron chi connectivity index (χ3n) is 1.11. The van der Waals surface area contributed by atoms with Gasteiger partial charge in [-0.2, -0.15) is 0 Å². The minimum absolute atomic E-state index is 0.310. The molecule has 0 saturated heterocycles. The van der Waals surface area contributed by atoms with E-state index < -0.39 is 0 Å². The number of hydrogen-bond acceptors (Lipinski definition) is 1. The zero-order chi connectivity index (χ0) is 9.56. The molecule has 66 valence electrons. The van der Waals surface area contributed by atoms with E-state index in [9.17, 15) is 4.79 Å². The lowest BCUT2D eigenvalue weighted by atomic mass is 10.3. The van der Waals surface area contributed by atoms with Crippen LogP contribution in [0, 0.1) is 0 Å². The summed E-state index contributed by atoms with van der Waals surface area (Å²) in [6.45, 7) is 5.19. The Bertz CT molecular complexity index is 243. The van der Waals surface area contributed by atoms with Gasteiger partial charge in [0, 0.05) is 0 Å². The molecule has 4 heteroatoms. The van der Waals surface area contributed by atoms with Gasteiger partial charge in [0.15, 0.2) is 0 Å². The van der Waals surface area contributed by atoms with E-state index in [4.69, 9.17) is 23.2 Å². The molecule has 0 aliphatic heterocycles. The van der Waals surface area contributed by atoms with Crippen LogP contribution >= 0.6 is 23.2 Å². The smallest absolute Gasteiger partial charge is 0.211 e. The van der Waals surface area contributed by atoms with Crippen molar-refractivity contribution in [3.63, 3.8) is 0 Å². The first-order valence-corrected chi connectivity index (χ1v) is 3.97. The monoisotopic (exact) mass is 205 g/mol. The van der Waals surface area contributed by atoms with Gasteiger partial charge < -0.3 is 5.32 Å². The van der Waals surface area contributed by atoms with Gasteiger partial charge in [-0.3, -0.25) is 4.79 Å². The molecule has 0 unspecified atom stereocenters. The lowest BCUT2D eigenvalue weighted by Gasteiger charge is -2.04. The molecule has 0 aromatic carbocycles. The number of rotatable bonds is 4. The standard InChI is InChI=1S/C8H9Cl2NO/c1-3-6(9)8(11-5-12)7(10)4-2/h3-5H,1H2,2H3,(H,11,12)/b7-4+,8-6-. The number of amides is 1. The number of halogens is 2. The van der Waals surface area contributed by atoms with Gasteiger partial charge in [-0.05, 0) is 13.0 Å². The van der Waals surface area contributed by atoms with Gasteiger partial charge in [0.1, 0.15) is 0 Å². The van der Waals surface area contributed by atoms with Crippen LogP contribution < -0.4 is 5.32 Å². The molecule has 0 saturated carbocycles. The number of carbonyl (C=O) groups excluding carboxylic acids is 1. The summed E-state index contributed by atoms with van der Waals surface area (Å²) in [6.07, 6.45) is 3.53. The normalized spacial score (nSPS) is 13.4. The highest BCUT2D eigenvalue weighted by Gasteiger charge is 2.03. The Labute approximate surface area is 81.5 Å². The topological polar surface area (TPSA) is 29.1 Å². The van der Waals surface area contributed by atoms with Crippen LogP contribution in [0.2, 0.25) is 0 Å². The van der Waals surface area contributed by atoms with Gasteiger partial charge in [0.25, 0.3) is 0 Å². The predicted molar refractivity (Wildman–Crippen MR) is 51.9 cm³/mol. The number of carbonyl (C=O) groups is 1. The second-order valence-electron chi connectivity index (χ2n) is 1.83. The predicted octanol–water partition coefficient (Wildman–Crippen LogP) is 2.51. The molecule has 0 aromatic rings. The van der Waals surface area contributed by atoms with Gasteiger partial charge >= 0.3 is 0 Å². The number of allylic oxidation sites excluding steroid dienone is 4. The van der Waals surface area contributed by atoms with Crippen LogP contribution in [0.25, 0.3) is 0 Å². The molecule has 12 heavy (non-hydrogen) atoms. The first-order chi connectivity index (χ1) is 5.67. The Hall–Kier alpha value is -0.730. The van der Waals surface area contributed by atoms with Crippen molar-refractivity contribution in [3.8, 4) is 0 Å². The first kappa shape index (κ1) is 11.3. The van der Waals surface area contributed by atoms with Gasteiger partial charge in [-0.25, -0.2) is 0 Å². The van der Waals surface area contributed by atoms with Crippen molar-refractivity contribution in [1.82, 2.24) is 5.32 Å². The Morgan fingerprint density at radius 1 is 1.50 bits per heavy atom. The average Bonchev–Trinajstić information content (AvgIpc) is 2.11. The molecule has 0 aliphatic rings. The zero-order valence-electron chi connectivity index (χ0n) is 6.60. The summed E-state index contributed by atoms with van der Waals surface area (Å²) in [4.78, 5) is 10.1. The van der Waals surface area contributed by atoms with Crippen LogP contribution in [0.15, 0.2) is 34.5 Å². The number of hydrogen-bond donors (Lipinski definition) is 1. The third kappa shape index (κ3) is 3.11. The molecule has 0 atom stereocenters. The molecule has 0 fully saturated rings. The van der Waals surface area contributed by atoms with Gasteiger partial charge in [-0.15, -0.1) is 0 Å². The Kier molecular flexibility index (Phi) is 5.51. The fraction of sp³-hybridized carbons (Fsp3) is 0.125. The SMILES string of the molecule is C=C/C(Cl)=C(NC=O)\C(Cl)=C/C. The van der Waals surface area contributed by atoms with Gasteiger partial charge in [-0.1, -0.05) is 35.9 Å². The lowest BCUT2D eigenvalue weighted by molar-refractivity contribution is -0.108. The summed E-state index contributed by atoms with van der Waals surface area (Å²) in [5.74, 6) is 0. The van der Waals surface area contributed by atoms with Crippen molar-refractivity contribution in [2.24, 2.45) is 0 Å². The Balaban J connectivity index is 4.89. The fourth-order valence-electron chi connectivity index (χ4n) is 0.557. The Morgan fingerprint density at radius 3 is 2.42 bits per heavy atom. The summed E-state index contributed by atoms with van der Waals surface area (Å²) in [7, 11) is 0. The van der Waals surface area contributed by atoms with Crippen LogP contribution in [-0.2, 0) is 4.79 Å². The summed E-state index contributed by atoms with van der Waals surface area (Å²) < 4.78 is 0. The maximum atomic E-state index is 10.1. The molecule has 0 radical (unpaired) electrons. The van der Waals surface area contributed by atoms with E-state index in [0.717, 1.165) is 0 Å². The van der Waals surface area contributed by atoms with E-state index in [2.05, 4.69) is 11.9 Å². The molecule has 2 nitrogen and oxygen atoms in total.